The third-order valence-electron chi connectivity index (χ3n) is 4.32. The molecule has 0 aliphatic carbocycles. The normalized spacial score (nSPS) is 11.1. The summed E-state index contributed by atoms with van der Waals surface area (Å²) < 4.78 is 36.3. The van der Waals surface area contributed by atoms with Crippen molar-refractivity contribution in [2.45, 2.75) is 13.5 Å². The Kier molecular flexibility index (Phi) is 7.62. The molecule has 0 saturated heterocycles. The van der Waals surface area contributed by atoms with Gasteiger partial charge in [0.05, 0.1) is 31.2 Å². The fourth-order valence-corrected chi connectivity index (χ4v) is 3.90. The maximum Gasteiger partial charge on any atom is 0.253 e. The van der Waals surface area contributed by atoms with Gasteiger partial charge in [0.1, 0.15) is 0 Å². The zero-order valence-electron chi connectivity index (χ0n) is 16.5. The van der Waals surface area contributed by atoms with Crippen LogP contribution < -0.4 is 19.1 Å². The van der Waals surface area contributed by atoms with Gasteiger partial charge in [-0.05, 0) is 30.7 Å². The van der Waals surface area contributed by atoms with Crippen molar-refractivity contribution in [1.82, 2.24) is 5.32 Å². The van der Waals surface area contributed by atoms with E-state index in [0.29, 0.717) is 27.1 Å². The summed E-state index contributed by atoms with van der Waals surface area (Å²) in [5.41, 5.74) is 0.956. The largest absolute Gasteiger partial charge is 0.493 e. The number of sulfonamides is 1. The van der Waals surface area contributed by atoms with Gasteiger partial charge in [-0.2, -0.15) is 0 Å². The lowest BCUT2D eigenvalue weighted by atomic mass is 10.1. The molecular formula is C19H22Cl2N2O5S. The first-order valence-electron chi connectivity index (χ1n) is 8.59. The Balaban J connectivity index is 2.44. The number of carbonyl (C=O) groups excluding carboxylic acids is 1. The summed E-state index contributed by atoms with van der Waals surface area (Å²) in [7, 11) is 0.631. The molecule has 0 radical (unpaired) electrons. The van der Waals surface area contributed by atoms with Crippen LogP contribution in [0.5, 0.6) is 11.5 Å². The summed E-state index contributed by atoms with van der Waals surface area (Å²) in [4.78, 5) is 12.9. The van der Waals surface area contributed by atoms with Crippen molar-refractivity contribution in [3.63, 3.8) is 0 Å². The van der Waals surface area contributed by atoms with Gasteiger partial charge in [0.25, 0.3) is 5.91 Å². The SMILES string of the molecule is CCS(=O)(=O)N(C)c1cc(OC)c(OC)cc1C(=O)NCc1ccc(Cl)cc1Cl. The molecule has 7 nitrogen and oxygen atoms in total. The number of rotatable bonds is 8. The van der Waals surface area contributed by atoms with Crippen molar-refractivity contribution in [2.24, 2.45) is 0 Å². The van der Waals surface area contributed by atoms with Crippen LogP contribution in [0.1, 0.15) is 22.8 Å². The van der Waals surface area contributed by atoms with Gasteiger partial charge in [-0.15, -0.1) is 0 Å². The second kappa shape index (κ2) is 9.56. The predicted molar refractivity (Wildman–Crippen MR) is 115 cm³/mol. The molecule has 0 spiro atoms. The Morgan fingerprint density at radius 1 is 1.10 bits per heavy atom. The van der Waals surface area contributed by atoms with E-state index in [1.165, 1.54) is 40.3 Å². The second-order valence-electron chi connectivity index (χ2n) is 6.01. The average Bonchev–Trinajstić information content (AvgIpc) is 2.71. The molecule has 29 heavy (non-hydrogen) atoms. The minimum atomic E-state index is -3.61. The average molecular weight is 461 g/mol. The third kappa shape index (κ3) is 5.26. The Labute approximate surface area is 180 Å². The zero-order valence-corrected chi connectivity index (χ0v) is 18.8. The topological polar surface area (TPSA) is 84.9 Å². The van der Waals surface area contributed by atoms with Gasteiger partial charge < -0.3 is 14.8 Å². The number of amides is 1. The Bertz CT molecular complexity index is 1010. The van der Waals surface area contributed by atoms with Crippen molar-refractivity contribution in [1.29, 1.82) is 0 Å². The molecule has 2 aromatic rings. The molecule has 0 heterocycles. The smallest absolute Gasteiger partial charge is 0.253 e. The Hall–Kier alpha value is -2.16. The number of hydrogen-bond donors (Lipinski definition) is 1. The fraction of sp³-hybridized carbons (Fsp3) is 0.316. The molecule has 0 aliphatic heterocycles. The molecule has 2 aromatic carbocycles. The number of halogens is 2. The fourth-order valence-electron chi connectivity index (χ4n) is 2.59. The van der Waals surface area contributed by atoms with Crippen molar-refractivity contribution < 1.29 is 22.7 Å². The molecule has 0 unspecified atom stereocenters. The predicted octanol–water partition coefficient (Wildman–Crippen LogP) is 3.73. The number of hydrogen-bond acceptors (Lipinski definition) is 5. The molecule has 10 heteroatoms. The van der Waals surface area contributed by atoms with Crippen LogP contribution in [-0.2, 0) is 16.6 Å². The molecule has 2 rings (SSSR count). The van der Waals surface area contributed by atoms with E-state index in [1.807, 2.05) is 0 Å². The highest BCUT2D eigenvalue weighted by Gasteiger charge is 2.25. The van der Waals surface area contributed by atoms with Crippen LogP contribution in [0.3, 0.4) is 0 Å². The van der Waals surface area contributed by atoms with Gasteiger partial charge in [-0.25, -0.2) is 8.42 Å². The highest BCUT2D eigenvalue weighted by molar-refractivity contribution is 7.92. The lowest BCUT2D eigenvalue weighted by Crippen LogP contribution is -2.31. The van der Waals surface area contributed by atoms with Gasteiger partial charge in [0.2, 0.25) is 10.0 Å². The third-order valence-corrected chi connectivity index (χ3v) is 6.67. The summed E-state index contributed by atoms with van der Waals surface area (Å²) >= 11 is 12.0. The van der Waals surface area contributed by atoms with E-state index in [2.05, 4.69) is 5.32 Å². The molecule has 0 fully saturated rings. The summed E-state index contributed by atoms with van der Waals surface area (Å²) in [6.07, 6.45) is 0. The van der Waals surface area contributed by atoms with E-state index in [4.69, 9.17) is 32.7 Å². The van der Waals surface area contributed by atoms with E-state index in [0.717, 1.165) is 4.31 Å². The summed E-state index contributed by atoms with van der Waals surface area (Å²) in [6.45, 7) is 1.65. The number of carbonyl (C=O) groups is 1. The van der Waals surface area contributed by atoms with E-state index in [-0.39, 0.29) is 23.5 Å². The molecular weight excluding hydrogens is 439 g/mol. The minimum Gasteiger partial charge on any atom is -0.493 e. The maximum absolute atomic E-state index is 12.9. The monoisotopic (exact) mass is 460 g/mol. The van der Waals surface area contributed by atoms with Gasteiger partial charge in [0.15, 0.2) is 11.5 Å². The van der Waals surface area contributed by atoms with E-state index >= 15 is 0 Å². The van der Waals surface area contributed by atoms with Crippen LogP contribution in [0.4, 0.5) is 5.69 Å². The van der Waals surface area contributed by atoms with Gasteiger partial charge in [-0.3, -0.25) is 9.10 Å². The maximum atomic E-state index is 12.9. The molecule has 0 atom stereocenters. The summed E-state index contributed by atoms with van der Waals surface area (Å²) in [5, 5.41) is 3.64. The number of ether oxygens (including phenoxy) is 2. The lowest BCUT2D eigenvalue weighted by molar-refractivity contribution is 0.0951. The van der Waals surface area contributed by atoms with Crippen LogP contribution in [0, 0.1) is 0 Å². The molecule has 0 bridgehead atoms. The number of anilines is 1. The minimum absolute atomic E-state index is 0.118. The van der Waals surface area contributed by atoms with Crippen molar-refractivity contribution >= 4 is 44.8 Å². The summed E-state index contributed by atoms with van der Waals surface area (Å²) in [5.74, 6) is -0.0180. The van der Waals surface area contributed by atoms with Crippen LogP contribution >= 0.6 is 23.2 Å². The number of benzene rings is 2. The van der Waals surface area contributed by atoms with Crippen LogP contribution in [0.15, 0.2) is 30.3 Å². The molecule has 1 N–H and O–H groups in total. The first kappa shape index (κ1) is 23.1. The molecule has 0 saturated carbocycles. The van der Waals surface area contributed by atoms with Gasteiger partial charge in [-0.1, -0.05) is 29.3 Å². The van der Waals surface area contributed by atoms with Gasteiger partial charge >= 0.3 is 0 Å². The van der Waals surface area contributed by atoms with E-state index in [1.54, 1.807) is 18.2 Å². The molecule has 0 aromatic heterocycles. The lowest BCUT2D eigenvalue weighted by Gasteiger charge is -2.23. The van der Waals surface area contributed by atoms with E-state index in [9.17, 15) is 13.2 Å². The Morgan fingerprint density at radius 3 is 2.28 bits per heavy atom. The van der Waals surface area contributed by atoms with Crippen molar-refractivity contribution in [3.05, 3.63) is 51.5 Å². The van der Waals surface area contributed by atoms with Crippen LogP contribution in [0.25, 0.3) is 0 Å². The van der Waals surface area contributed by atoms with Crippen molar-refractivity contribution in [2.75, 3.05) is 31.3 Å². The van der Waals surface area contributed by atoms with Gasteiger partial charge in [0, 0.05) is 29.7 Å². The summed E-state index contributed by atoms with van der Waals surface area (Å²) in [6, 6.07) is 7.84. The quantitative estimate of drug-likeness (QED) is 0.648. The first-order valence-corrected chi connectivity index (χ1v) is 11.0. The number of nitrogens with one attached hydrogen (secondary N) is 1. The van der Waals surface area contributed by atoms with Crippen LogP contribution in [0.2, 0.25) is 10.0 Å². The molecule has 1 amide bonds. The first-order chi connectivity index (χ1) is 13.6. The molecule has 0 aliphatic rings. The number of methoxy groups -OCH3 is 2. The standard InChI is InChI=1S/C19H22Cl2N2O5S/c1-5-29(25,26)23(2)16-10-18(28-4)17(27-3)9-14(16)19(24)22-11-12-6-7-13(20)8-15(12)21/h6-10H,5,11H2,1-4H3,(H,22,24). The highest BCUT2D eigenvalue weighted by atomic mass is 35.5. The Morgan fingerprint density at radius 2 is 1.72 bits per heavy atom. The zero-order chi connectivity index (χ0) is 21.8. The second-order valence-corrected chi connectivity index (χ2v) is 9.14. The number of nitrogens with zero attached hydrogens (tertiary/aromatic N) is 1. The van der Waals surface area contributed by atoms with Crippen molar-refractivity contribution in [3.8, 4) is 11.5 Å². The van der Waals surface area contributed by atoms with E-state index < -0.39 is 15.9 Å². The highest BCUT2D eigenvalue weighted by Crippen LogP contribution is 2.36. The van der Waals surface area contributed by atoms with Crippen LogP contribution in [-0.4, -0.2) is 41.3 Å². The molecule has 158 valence electrons.